The van der Waals surface area contributed by atoms with Crippen molar-refractivity contribution in [2.24, 2.45) is 5.10 Å². The molecule has 2 N–H and O–H groups in total. The fourth-order valence-corrected chi connectivity index (χ4v) is 4.76. The van der Waals surface area contributed by atoms with Gasteiger partial charge in [0.05, 0.1) is 6.54 Å². The average Bonchev–Trinajstić information content (AvgIpc) is 3.09. The molecule has 0 bridgehead atoms. The summed E-state index contributed by atoms with van der Waals surface area (Å²) >= 11 is 12.6. The van der Waals surface area contributed by atoms with Crippen molar-refractivity contribution in [1.82, 2.24) is 25.0 Å². The van der Waals surface area contributed by atoms with Crippen LogP contribution in [0.1, 0.15) is 18.9 Å². The summed E-state index contributed by atoms with van der Waals surface area (Å²) in [5.41, 5.74) is 1.40. The number of likely N-dealkylation sites (N-methyl/N-ethyl adjacent to an activating group) is 1. The second-order valence-electron chi connectivity index (χ2n) is 7.70. The molecule has 2 saturated heterocycles. The topological polar surface area (TPSA) is 91.7 Å². The van der Waals surface area contributed by atoms with E-state index in [0.717, 1.165) is 5.71 Å². The van der Waals surface area contributed by atoms with Crippen LogP contribution in [0.5, 0.6) is 0 Å². The fourth-order valence-electron chi connectivity index (χ4n) is 4.24. The van der Waals surface area contributed by atoms with Crippen LogP contribution < -0.4 is 5.32 Å². The van der Waals surface area contributed by atoms with E-state index < -0.39 is 18.2 Å². The lowest BCUT2D eigenvalue weighted by atomic mass is 10.1. The van der Waals surface area contributed by atoms with Gasteiger partial charge in [0.25, 0.3) is 5.91 Å². The third-order valence-electron chi connectivity index (χ3n) is 5.68. The van der Waals surface area contributed by atoms with Gasteiger partial charge < -0.3 is 10.0 Å². The van der Waals surface area contributed by atoms with Gasteiger partial charge in [-0.15, -0.1) is 0 Å². The zero-order chi connectivity index (χ0) is 21.6. The van der Waals surface area contributed by atoms with Crippen LogP contribution in [0, 0.1) is 0 Å². The number of nitrogens with zero attached hydrogens (tertiary/aromatic N) is 5. The monoisotopic (exact) mass is 454 g/mol. The van der Waals surface area contributed by atoms with Gasteiger partial charge in [-0.1, -0.05) is 29.3 Å². The third-order valence-corrected chi connectivity index (χ3v) is 6.38. The Hall–Kier alpha value is -1.91. The quantitative estimate of drug-likeness (QED) is 0.697. The first-order valence-electron chi connectivity index (χ1n) is 9.78. The molecule has 0 saturated carbocycles. The number of nitrogens with one attached hydrogen (secondary N) is 1. The number of urea groups is 1. The SMILES string of the molecule is CC1=NN(CCCO)C2NC3C(C(=O)N(Cc4c(Cl)cccc4Cl)C(=O)N3C)N2C1. The molecular formula is C19H24Cl2N6O3. The molecule has 2 fully saturated rings. The maximum absolute atomic E-state index is 13.5. The maximum Gasteiger partial charge on any atom is 0.328 e. The lowest BCUT2D eigenvalue weighted by Gasteiger charge is -2.42. The van der Waals surface area contributed by atoms with Gasteiger partial charge in [0, 0.05) is 48.1 Å². The Balaban J connectivity index is 1.63. The van der Waals surface area contributed by atoms with Gasteiger partial charge >= 0.3 is 6.03 Å². The van der Waals surface area contributed by atoms with Gasteiger partial charge in [0.1, 0.15) is 12.2 Å². The summed E-state index contributed by atoms with van der Waals surface area (Å²) in [6, 6.07) is 4.11. The molecule has 4 rings (SSSR count). The van der Waals surface area contributed by atoms with E-state index in [9.17, 15) is 14.7 Å². The minimum atomic E-state index is -0.568. The third kappa shape index (κ3) is 3.54. The van der Waals surface area contributed by atoms with Crippen molar-refractivity contribution in [3.05, 3.63) is 33.8 Å². The van der Waals surface area contributed by atoms with E-state index in [1.807, 2.05) is 16.8 Å². The number of benzene rings is 1. The van der Waals surface area contributed by atoms with E-state index in [2.05, 4.69) is 10.4 Å². The number of rotatable bonds is 5. The zero-order valence-corrected chi connectivity index (χ0v) is 18.3. The molecule has 30 heavy (non-hydrogen) atoms. The summed E-state index contributed by atoms with van der Waals surface area (Å²) in [7, 11) is 1.67. The van der Waals surface area contributed by atoms with E-state index in [1.54, 1.807) is 25.2 Å². The number of hydrazone groups is 1. The molecule has 0 aliphatic carbocycles. The van der Waals surface area contributed by atoms with Crippen molar-refractivity contribution >= 4 is 40.9 Å². The number of halogens is 2. The van der Waals surface area contributed by atoms with Crippen molar-refractivity contribution in [3.63, 3.8) is 0 Å². The molecule has 3 aliphatic heterocycles. The number of imide groups is 1. The molecule has 0 radical (unpaired) electrons. The highest BCUT2D eigenvalue weighted by molar-refractivity contribution is 6.36. The number of fused-ring (bicyclic) bond motifs is 3. The Labute approximate surface area is 184 Å². The number of carbonyl (C=O) groups excluding carboxylic acids is 2. The first kappa shape index (κ1) is 21.3. The minimum Gasteiger partial charge on any atom is -0.396 e. The van der Waals surface area contributed by atoms with E-state index in [1.165, 1.54) is 9.80 Å². The van der Waals surface area contributed by atoms with Crippen LogP contribution in [0.15, 0.2) is 23.3 Å². The highest BCUT2D eigenvalue weighted by Gasteiger charge is 2.56. The lowest BCUT2D eigenvalue weighted by molar-refractivity contribution is -0.139. The first-order valence-corrected chi connectivity index (χ1v) is 10.5. The molecule has 162 valence electrons. The molecule has 3 aliphatic rings. The molecule has 3 atom stereocenters. The number of hydrogen-bond donors (Lipinski definition) is 2. The van der Waals surface area contributed by atoms with Crippen molar-refractivity contribution in [3.8, 4) is 0 Å². The van der Waals surface area contributed by atoms with Crippen LogP contribution in [-0.4, -0.2) is 87.7 Å². The number of hydrogen-bond acceptors (Lipinski definition) is 7. The van der Waals surface area contributed by atoms with Gasteiger partial charge in [-0.05, 0) is 25.5 Å². The van der Waals surface area contributed by atoms with Crippen LogP contribution in [0.3, 0.4) is 0 Å². The van der Waals surface area contributed by atoms with Gasteiger partial charge in [0.2, 0.25) is 0 Å². The van der Waals surface area contributed by atoms with E-state index in [4.69, 9.17) is 23.2 Å². The maximum atomic E-state index is 13.5. The first-order chi connectivity index (χ1) is 14.3. The van der Waals surface area contributed by atoms with Gasteiger partial charge in [-0.2, -0.15) is 5.10 Å². The van der Waals surface area contributed by atoms with Gasteiger partial charge in [0.15, 0.2) is 6.29 Å². The predicted molar refractivity (Wildman–Crippen MR) is 113 cm³/mol. The highest BCUT2D eigenvalue weighted by atomic mass is 35.5. The summed E-state index contributed by atoms with van der Waals surface area (Å²) in [4.78, 5) is 31.3. The Bertz CT molecular complexity index is 877. The molecule has 3 amide bonds. The second-order valence-corrected chi connectivity index (χ2v) is 8.51. The standard InChI is InChI=1S/C19H24Cl2N6O3/c1-11-9-25-15-16(22-18(25)27(23-11)7-4-8-28)24(2)19(30)26(17(15)29)10-12-13(20)5-3-6-14(12)21/h3,5-6,15-16,18,22,28H,4,7-10H2,1-2H3. The Morgan fingerprint density at radius 3 is 2.63 bits per heavy atom. The largest absolute Gasteiger partial charge is 0.396 e. The van der Waals surface area contributed by atoms with Crippen LogP contribution in [0.2, 0.25) is 10.0 Å². The van der Waals surface area contributed by atoms with Crippen LogP contribution in [-0.2, 0) is 11.3 Å². The molecule has 11 heteroatoms. The molecule has 3 heterocycles. The molecule has 0 aromatic heterocycles. The summed E-state index contributed by atoms with van der Waals surface area (Å²) < 4.78 is 0. The summed E-state index contributed by atoms with van der Waals surface area (Å²) in [5, 5.41) is 19.8. The van der Waals surface area contributed by atoms with Crippen LogP contribution in [0.25, 0.3) is 0 Å². The second kappa shape index (κ2) is 8.32. The van der Waals surface area contributed by atoms with Crippen LogP contribution >= 0.6 is 23.2 Å². The van der Waals surface area contributed by atoms with Crippen molar-refractivity contribution in [1.29, 1.82) is 0 Å². The Morgan fingerprint density at radius 1 is 1.27 bits per heavy atom. The smallest absolute Gasteiger partial charge is 0.328 e. The number of aliphatic hydroxyl groups excluding tert-OH is 1. The van der Waals surface area contributed by atoms with Gasteiger partial charge in [-0.3, -0.25) is 20.0 Å². The number of amides is 3. The van der Waals surface area contributed by atoms with Gasteiger partial charge in [-0.25, -0.2) is 9.69 Å². The van der Waals surface area contributed by atoms with Crippen molar-refractivity contribution in [2.75, 3.05) is 26.7 Å². The molecule has 1 aromatic carbocycles. The van der Waals surface area contributed by atoms with E-state index >= 15 is 0 Å². The highest BCUT2D eigenvalue weighted by Crippen LogP contribution is 2.33. The average molecular weight is 455 g/mol. The predicted octanol–water partition coefficient (Wildman–Crippen LogP) is 1.34. The van der Waals surface area contributed by atoms with Crippen molar-refractivity contribution in [2.45, 2.75) is 38.4 Å². The van der Waals surface area contributed by atoms with E-state index in [0.29, 0.717) is 35.1 Å². The van der Waals surface area contributed by atoms with Crippen LogP contribution in [0.4, 0.5) is 4.79 Å². The number of aliphatic hydroxyl groups is 1. The molecule has 0 spiro atoms. The Morgan fingerprint density at radius 2 is 1.97 bits per heavy atom. The van der Waals surface area contributed by atoms with Crippen molar-refractivity contribution < 1.29 is 14.7 Å². The minimum absolute atomic E-state index is 0.00351. The summed E-state index contributed by atoms with van der Waals surface area (Å²) in [6.07, 6.45) is -0.262. The molecule has 9 nitrogen and oxygen atoms in total. The number of carbonyl (C=O) groups is 2. The lowest BCUT2D eigenvalue weighted by Crippen LogP contribution is -2.66. The molecule has 1 aromatic rings. The normalized spacial score (nSPS) is 26.8. The molecule has 3 unspecified atom stereocenters. The molecular weight excluding hydrogens is 431 g/mol. The summed E-state index contributed by atoms with van der Waals surface area (Å²) in [6.45, 7) is 2.99. The summed E-state index contributed by atoms with van der Waals surface area (Å²) in [5.74, 6) is -0.300. The zero-order valence-electron chi connectivity index (χ0n) is 16.8. The fraction of sp³-hybridized carbons (Fsp3) is 0.526. The Kier molecular flexibility index (Phi) is 5.91. The van der Waals surface area contributed by atoms with E-state index in [-0.39, 0.29) is 25.3 Å².